The van der Waals surface area contributed by atoms with Gasteiger partial charge in [0.1, 0.15) is 17.3 Å². The molecule has 2 aliphatic rings. The van der Waals surface area contributed by atoms with Crippen LogP contribution in [0.1, 0.15) is 52.7 Å². The highest BCUT2D eigenvalue weighted by Gasteiger charge is 2.26. The van der Waals surface area contributed by atoms with Gasteiger partial charge in [0, 0.05) is 18.1 Å². The van der Waals surface area contributed by atoms with Crippen LogP contribution in [-0.2, 0) is 30.9 Å². The van der Waals surface area contributed by atoms with Crippen LogP contribution in [0.2, 0.25) is 10.0 Å². The summed E-state index contributed by atoms with van der Waals surface area (Å²) in [7, 11) is 0. The van der Waals surface area contributed by atoms with E-state index in [-0.39, 0.29) is 18.3 Å². The number of carboxylic acid groups (broad SMARTS) is 1. The molecule has 4 heterocycles. The molecule has 9 nitrogen and oxygen atoms in total. The van der Waals surface area contributed by atoms with Gasteiger partial charge in [0.05, 0.1) is 47.0 Å². The molecule has 4 aromatic rings. The maximum atomic E-state index is 11.7. The number of halogens is 2. The molecule has 2 aliphatic heterocycles. The molecule has 0 bridgehead atoms. The number of carbonyl (C=O) groups is 1. The van der Waals surface area contributed by atoms with Crippen LogP contribution >= 0.6 is 23.2 Å². The van der Waals surface area contributed by atoms with Gasteiger partial charge in [-0.25, -0.2) is 14.8 Å². The van der Waals surface area contributed by atoms with Gasteiger partial charge < -0.3 is 23.6 Å². The number of aromatic nitrogens is 3. The van der Waals surface area contributed by atoms with Gasteiger partial charge in [-0.05, 0) is 81.1 Å². The Bertz CT molecular complexity index is 1560. The van der Waals surface area contributed by atoms with Crippen molar-refractivity contribution in [1.82, 2.24) is 19.4 Å². The minimum absolute atomic E-state index is 0.144. The Kier molecular flexibility index (Phi) is 8.21. The summed E-state index contributed by atoms with van der Waals surface area (Å²) in [5, 5.41) is 10.6. The van der Waals surface area contributed by atoms with Crippen molar-refractivity contribution in [2.24, 2.45) is 5.92 Å². The summed E-state index contributed by atoms with van der Waals surface area (Å²) in [5.41, 5.74) is 2.89. The van der Waals surface area contributed by atoms with E-state index in [1.165, 1.54) is 0 Å². The summed E-state index contributed by atoms with van der Waals surface area (Å²) in [5.74, 6) is 2.44. The maximum absolute atomic E-state index is 11.7. The second-order valence-corrected chi connectivity index (χ2v) is 11.7. The fraction of sp³-hybridized carbons (Fsp3) is 0.433. The zero-order valence-electron chi connectivity index (χ0n) is 22.8. The third-order valence-electron chi connectivity index (χ3n) is 7.96. The number of rotatable bonds is 10. The smallest absolute Gasteiger partial charge is 0.335 e. The lowest BCUT2D eigenvalue weighted by Gasteiger charge is -2.32. The molecular weight excluding hydrogens is 567 g/mol. The molecular formula is C30H32Cl2N4O5. The fourth-order valence-corrected chi connectivity index (χ4v) is 6.06. The standard InChI is InChI=1S/C30H32Cl2N4O5/c1-18-10-20(30(37)38)12-25-29(18)34-27(36(25)15-22-6-9-39-22)16-35-7-4-19(5-8-35)11-23-14-33-28(41-23)17-40-26-3-2-21(31)13-24(26)32/h2-3,10,12-14,19,22H,4-9,11,15-17H2,1H3,(H,37,38)/t22-/m0/s1. The number of aryl methyl sites for hydroxylation is 1. The summed E-state index contributed by atoms with van der Waals surface area (Å²) >= 11 is 12.1. The van der Waals surface area contributed by atoms with Crippen molar-refractivity contribution in [2.45, 2.75) is 58.4 Å². The highest BCUT2D eigenvalue weighted by Crippen LogP contribution is 2.30. The fourth-order valence-electron chi connectivity index (χ4n) is 5.59. The van der Waals surface area contributed by atoms with E-state index in [1.54, 1.807) is 36.5 Å². The van der Waals surface area contributed by atoms with Crippen LogP contribution in [0.25, 0.3) is 11.0 Å². The van der Waals surface area contributed by atoms with Gasteiger partial charge in [0.2, 0.25) is 5.89 Å². The van der Waals surface area contributed by atoms with E-state index in [2.05, 4.69) is 14.5 Å². The van der Waals surface area contributed by atoms with E-state index < -0.39 is 5.97 Å². The predicted octanol–water partition coefficient (Wildman–Crippen LogP) is 6.16. The van der Waals surface area contributed by atoms with Gasteiger partial charge in [0.15, 0.2) is 6.61 Å². The Morgan fingerprint density at radius 1 is 1.17 bits per heavy atom. The molecule has 0 saturated carbocycles. The molecule has 0 spiro atoms. The van der Waals surface area contributed by atoms with Gasteiger partial charge >= 0.3 is 5.97 Å². The predicted molar refractivity (Wildman–Crippen MR) is 155 cm³/mol. The van der Waals surface area contributed by atoms with Crippen LogP contribution in [-0.4, -0.2) is 56.3 Å². The number of piperidine rings is 1. The molecule has 0 aliphatic carbocycles. The summed E-state index contributed by atoms with van der Waals surface area (Å²) in [6, 6.07) is 8.54. The molecule has 216 valence electrons. The minimum atomic E-state index is -0.927. The SMILES string of the molecule is Cc1cc(C(=O)O)cc2c1nc(CN1CCC(Cc3cnc(COc4ccc(Cl)cc4Cl)o3)CC1)n2C[C@@H]1CCO1. The molecule has 0 unspecified atom stereocenters. The lowest BCUT2D eigenvalue weighted by molar-refractivity contribution is -0.0592. The zero-order valence-corrected chi connectivity index (χ0v) is 24.3. The third kappa shape index (κ3) is 6.38. The topological polar surface area (TPSA) is 103 Å². The van der Waals surface area contributed by atoms with Crippen molar-refractivity contribution >= 4 is 40.2 Å². The minimum Gasteiger partial charge on any atom is -0.482 e. The van der Waals surface area contributed by atoms with Crippen LogP contribution in [0.15, 0.2) is 40.9 Å². The van der Waals surface area contributed by atoms with Crippen LogP contribution in [0.4, 0.5) is 0 Å². The average Bonchev–Trinajstić information content (AvgIpc) is 3.51. The van der Waals surface area contributed by atoms with Gasteiger partial charge in [0.25, 0.3) is 0 Å². The van der Waals surface area contributed by atoms with Crippen molar-refractivity contribution in [3.05, 3.63) is 75.2 Å². The molecule has 1 N–H and O–H groups in total. The van der Waals surface area contributed by atoms with E-state index in [0.717, 1.165) is 73.6 Å². The molecule has 1 atom stereocenters. The molecule has 11 heteroatoms. The maximum Gasteiger partial charge on any atom is 0.335 e. The molecule has 6 rings (SSSR count). The van der Waals surface area contributed by atoms with E-state index in [4.69, 9.17) is 42.1 Å². The number of benzene rings is 2. The first kappa shape index (κ1) is 28.0. The molecule has 2 aromatic carbocycles. The Morgan fingerprint density at radius 2 is 1.98 bits per heavy atom. The lowest BCUT2D eigenvalue weighted by Crippen LogP contribution is -2.36. The van der Waals surface area contributed by atoms with E-state index in [0.29, 0.717) is 40.7 Å². The molecule has 2 fully saturated rings. The molecule has 2 saturated heterocycles. The second-order valence-electron chi connectivity index (χ2n) is 10.9. The van der Waals surface area contributed by atoms with Crippen molar-refractivity contribution in [1.29, 1.82) is 0 Å². The highest BCUT2D eigenvalue weighted by molar-refractivity contribution is 6.35. The van der Waals surface area contributed by atoms with Crippen LogP contribution in [0.3, 0.4) is 0 Å². The number of aromatic carboxylic acids is 1. The summed E-state index contributed by atoms with van der Waals surface area (Å²) in [6.07, 6.45) is 5.85. The first-order chi connectivity index (χ1) is 19.8. The Hall–Kier alpha value is -3.11. The van der Waals surface area contributed by atoms with Crippen molar-refractivity contribution in [3.8, 4) is 5.75 Å². The van der Waals surface area contributed by atoms with E-state index in [9.17, 15) is 9.90 Å². The number of ether oxygens (including phenoxy) is 2. The number of imidazole rings is 1. The largest absolute Gasteiger partial charge is 0.482 e. The third-order valence-corrected chi connectivity index (χ3v) is 8.49. The van der Waals surface area contributed by atoms with Crippen molar-refractivity contribution in [2.75, 3.05) is 19.7 Å². The molecule has 41 heavy (non-hydrogen) atoms. The number of carboxylic acids is 1. The quantitative estimate of drug-likeness (QED) is 0.231. The van der Waals surface area contributed by atoms with Crippen LogP contribution in [0, 0.1) is 12.8 Å². The normalized spacial score (nSPS) is 18.1. The number of hydrogen-bond donors (Lipinski definition) is 1. The van der Waals surface area contributed by atoms with Crippen LogP contribution in [0.5, 0.6) is 5.75 Å². The molecule has 0 radical (unpaired) electrons. The number of likely N-dealkylation sites (tertiary alicyclic amines) is 1. The highest BCUT2D eigenvalue weighted by atomic mass is 35.5. The first-order valence-electron chi connectivity index (χ1n) is 13.9. The summed E-state index contributed by atoms with van der Waals surface area (Å²) in [4.78, 5) is 23.5. The monoisotopic (exact) mass is 598 g/mol. The Balaban J connectivity index is 1.06. The first-order valence-corrected chi connectivity index (χ1v) is 14.7. The van der Waals surface area contributed by atoms with E-state index in [1.807, 2.05) is 6.92 Å². The van der Waals surface area contributed by atoms with Gasteiger partial charge in [-0.3, -0.25) is 4.90 Å². The second kappa shape index (κ2) is 12.0. The number of oxazole rings is 1. The number of hydrogen-bond acceptors (Lipinski definition) is 7. The lowest BCUT2D eigenvalue weighted by atomic mass is 9.93. The van der Waals surface area contributed by atoms with Gasteiger partial charge in [-0.1, -0.05) is 23.2 Å². The van der Waals surface area contributed by atoms with Crippen molar-refractivity contribution < 1.29 is 23.8 Å². The van der Waals surface area contributed by atoms with Crippen molar-refractivity contribution in [3.63, 3.8) is 0 Å². The average molecular weight is 600 g/mol. The Morgan fingerprint density at radius 3 is 2.68 bits per heavy atom. The zero-order chi connectivity index (χ0) is 28.5. The number of fused-ring (bicyclic) bond motifs is 1. The Labute approximate surface area is 248 Å². The van der Waals surface area contributed by atoms with Crippen LogP contribution < -0.4 is 4.74 Å². The van der Waals surface area contributed by atoms with Gasteiger partial charge in [-0.15, -0.1) is 0 Å². The summed E-state index contributed by atoms with van der Waals surface area (Å²) < 4.78 is 19.6. The number of nitrogens with zero attached hydrogens (tertiary/aromatic N) is 4. The van der Waals surface area contributed by atoms with Gasteiger partial charge in [-0.2, -0.15) is 0 Å². The molecule has 2 aromatic heterocycles. The summed E-state index contributed by atoms with van der Waals surface area (Å²) in [6.45, 7) is 6.20. The molecule has 0 amide bonds. The van der Waals surface area contributed by atoms with E-state index >= 15 is 0 Å².